The molecule has 1 aromatic rings. The predicted octanol–water partition coefficient (Wildman–Crippen LogP) is 2.26. The molecule has 1 saturated heterocycles. The number of nitro benzene ring substituents is 1. The molecule has 1 atom stereocenters. The summed E-state index contributed by atoms with van der Waals surface area (Å²) < 4.78 is 27.1. The first-order valence-electron chi connectivity index (χ1n) is 6.96. The maximum atomic E-state index is 12.3. The molecule has 7 nitrogen and oxygen atoms in total. The standard InChI is InChI=1S/C13H18ClN3O4S.ClH/c1-9-6-11(17(18)19)13(14)12(7-9)22(20,21)16-5-3-10-2-4-15-8-10;/h6-7,10,15-16H,2-5,8H2,1H3;1H. The van der Waals surface area contributed by atoms with E-state index in [1.54, 1.807) is 6.92 Å². The van der Waals surface area contributed by atoms with Crippen molar-refractivity contribution in [2.45, 2.75) is 24.7 Å². The summed E-state index contributed by atoms with van der Waals surface area (Å²) in [5.41, 5.74) is 0.0681. The summed E-state index contributed by atoms with van der Waals surface area (Å²) in [5.74, 6) is 0.449. The van der Waals surface area contributed by atoms with Crippen LogP contribution in [0.5, 0.6) is 0 Å². The van der Waals surface area contributed by atoms with Crippen LogP contribution >= 0.6 is 24.0 Å². The number of nitrogens with zero attached hydrogens (tertiary/aromatic N) is 1. The van der Waals surface area contributed by atoms with Crippen molar-refractivity contribution in [3.05, 3.63) is 32.8 Å². The number of nitrogens with one attached hydrogen (secondary N) is 2. The minimum absolute atomic E-state index is 0. The minimum Gasteiger partial charge on any atom is -0.316 e. The van der Waals surface area contributed by atoms with E-state index in [1.807, 2.05) is 0 Å². The van der Waals surface area contributed by atoms with Gasteiger partial charge in [0.15, 0.2) is 0 Å². The number of nitro groups is 1. The highest BCUT2D eigenvalue weighted by Gasteiger charge is 2.26. The van der Waals surface area contributed by atoms with Crippen LogP contribution in [0.25, 0.3) is 0 Å². The van der Waals surface area contributed by atoms with E-state index in [4.69, 9.17) is 11.6 Å². The second kappa shape index (κ2) is 8.25. The molecule has 2 rings (SSSR count). The molecule has 10 heteroatoms. The molecule has 0 spiro atoms. The van der Waals surface area contributed by atoms with Gasteiger partial charge >= 0.3 is 0 Å². The molecule has 0 bridgehead atoms. The third-order valence-electron chi connectivity index (χ3n) is 3.66. The van der Waals surface area contributed by atoms with Gasteiger partial charge in [-0.05, 0) is 50.4 Å². The van der Waals surface area contributed by atoms with Gasteiger partial charge in [0.05, 0.1) is 4.92 Å². The van der Waals surface area contributed by atoms with Crippen LogP contribution in [-0.4, -0.2) is 33.0 Å². The smallest absolute Gasteiger partial charge is 0.289 e. The van der Waals surface area contributed by atoms with Gasteiger partial charge in [-0.3, -0.25) is 10.1 Å². The average molecular weight is 384 g/mol. The van der Waals surface area contributed by atoms with Crippen LogP contribution in [0.15, 0.2) is 17.0 Å². The Morgan fingerprint density at radius 3 is 2.74 bits per heavy atom. The van der Waals surface area contributed by atoms with Gasteiger partial charge in [-0.15, -0.1) is 12.4 Å². The van der Waals surface area contributed by atoms with Gasteiger partial charge in [0, 0.05) is 12.6 Å². The number of hydrogen-bond acceptors (Lipinski definition) is 5. The second-order valence-electron chi connectivity index (χ2n) is 5.40. The zero-order valence-corrected chi connectivity index (χ0v) is 14.9. The van der Waals surface area contributed by atoms with E-state index in [-0.39, 0.29) is 28.9 Å². The van der Waals surface area contributed by atoms with E-state index in [2.05, 4.69) is 10.0 Å². The van der Waals surface area contributed by atoms with Crippen molar-refractivity contribution in [2.75, 3.05) is 19.6 Å². The fraction of sp³-hybridized carbons (Fsp3) is 0.538. The predicted molar refractivity (Wildman–Crippen MR) is 90.9 cm³/mol. The number of rotatable bonds is 6. The second-order valence-corrected chi connectivity index (χ2v) is 7.51. The zero-order valence-electron chi connectivity index (χ0n) is 12.5. The highest BCUT2D eigenvalue weighted by molar-refractivity contribution is 7.89. The Hall–Kier alpha value is -0.930. The van der Waals surface area contributed by atoms with Crippen molar-refractivity contribution in [3.63, 3.8) is 0 Å². The van der Waals surface area contributed by atoms with E-state index in [1.165, 1.54) is 12.1 Å². The summed E-state index contributed by atoms with van der Waals surface area (Å²) in [5, 5.41) is 13.8. The molecular weight excluding hydrogens is 365 g/mol. The molecule has 1 aliphatic rings. The lowest BCUT2D eigenvalue weighted by Gasteiger charge is -2.11. The van der Waals surface area contributed by atoms with Crippen molar-refractivity contribution >= 4 is 39.7 Å². The first kappa shape index (κ1) is 20.1. The first-order chi connectivity index (χ1) is 10.3. The fourth-order valence-corrected chi connectivity index (χ4v) is 4.19. The molecule has 1 unspecified atom stereocenters. The molecule has 1 aromatic carbocycles. The van der Waals surface area contributed by atoms with E-state index in [9.17, 15) is 18.5 Å². The largest absolute Gasteiger partial charge is 0.316 e. The molecule has 0 aromatic heterocycles. The lowest BCUT2D eigenvalue weighted by molar-refractivity contribution is -0.385. The molecule has 2 N–H and O–H groups in total. The summed E-state index contributed by atoms with van der Waals surface area (Å²) >= 11 is 5.90. The van der Waals surface area contributed by atoms with Crippen molar-refractivity contribution < 1.29 is 13.3 Å². The number of hydrogen-bond donors (Lipinski definition) is 2. The van der Waals surface area contributed by atoms with E-state index < -0.39 is 20.6 Å². The summed E-state index contributed by atoms with van der Waals surface area (Å²) in [4.78, 5) is 10.0. The van der Waals surface area contributed by atoms with E-state index in [0.717, 1.165) is 25.9 Å². The van der Waals surface area contributed by atoms with Gasteiger partial charge in [0.2, 0.25) is 10.0 Å². The number of benzene rings is 1. The van der Waals surface area contributed by atoms with Gasteiger partial charge in [0.25, 0.3) is 5.69 Å². The Morgan fingerprint density at radius 1 is 1.48 bits per heavy atom. The lowest BCUT2D eigenvalue weighted by atomic mass is 10.1. The summed E-state index contributed by atoms with van der Waals surface area (Å²) in [6.45, 7) is 3.71. The van der Waals surface area contributed by atoms with Crippen LogP contribution in [0.4, 0.5) is 5.69 Å². The molecule has 0 radical (unpaired) electrons. The molecule has 130 valence electrons. The Kier molecular flexibility index (Phi) is 7.22. The SMILES string of the molecule is Cc1cc([N+](=O)[O-])c(Cl)c(S(=O)(=O)NCCC2CCNC2)c1.Cl. The first-order valence-corrected chi connectivity index (χ1v) is 8.82. The van der Waals surface area contributed by atoms with Crippen LogP contribution in [0.3, 0.4) is 0 Å². The van der Waals surface area contributed by atoms with Crippen molar-refractivity contribution in [1.82, 2.24) is 10.0 Å². The summed E-state index contributed by atoms with van der Waals surface area (Å²) in [6, 6.07) is 2.60. The Balaban J connectivity index is 0.00000264. The summed E-state index contributed by atoms with van der Waals surface area (Å²) in [6.07, 6.45) is 1.75. The number of sulfonamides is 1. The Bertz CT molecular complexity index is 676. The van der Waals surface area contributed by atoms with Crippen molar-refractivity contribution in [1.29, 1.82) is 0 Å². The third kappa shape index (κ3) is 5.02. The Labute approximate surface area is 146 Å². The fourth-order valence-electron chi connectivity index (χ4n) is 2.48. The van der Waals surface area contributed by atoms with Crippen LogP contribution in [-0.2, 0) is 10.0 Å². The molecule has 1 aliphatic heterocycles. The molecule has 1 fully saturated rings. The van der Waals surface area contributed by atoms with Gasteiger partial charge in [-0.1, -0.05) is 11.6 Å². The van der Waals surface area contributed by atoms with Crippen molar-refractivity contribution in [3.8, 4) is 0 Å². The maximum Gasteiger partial charge on any atom is 0.289 e. The molecule has 0 saturated carbocycles. The van der Waals surface area contributed by atoms with Gasteiger partial charge < -0.3 is 5.32 Å². The van der Waals surface area contributed by atoms with Gasteiger partial charge in [-0.25, -0.2) is 13.1 Å². The van der Waals surface area contributed by atoms with Gasteiger partial charge in [-0.2, -0.15) is 0 Å². The number of aryl methyl sites for hydroxylation is 1. The average Bonchev–Trinajstić information content (AvgIpc) is 2.93. The highest BCUT2D eigenvalue weighted by atomic mass is 35.5. The molecule has 1 heterocycles. The summed E-state index contributed by atoms with van der Waals surface area (Å²) in [7, 11) is -3.87. The third-order valence-corrected chi connectivity index (χ3v) is 5.65. The quantitative estimate of drug-likeness (QED) is 0.579. The van der Waals surface area contributed by atoms with Crippen LogP contribution in [0.2, 0.25) is 5.02 Å². The number of halogens is 2. The zero-order chi connectivity index (χ0) is 16.3. The molecule has 23 heavy (non-hydrogen) atoms. The minimum atomic E-state index is -3.87. The van der Waals surface area contributed by atoms with Crippen LogP contribution in [0, 0.1) is 23.0 Å². The topological polar surface area (TPSA) is 101 Å². The van der Waals surface area contributed by atoms with Crippen molar-refractivity contribution in [2.24, 2.45) is 5.92 Å². The van der Waals surface area contributed by atoms with Gasteiger partial charge in [0.1, 0.15) is 9.92 Å². The van der Waals surface area contributed by atoms with Crippen LogP contribution in [0.1, 0.15) is 18.4 Å². The molecule has 0 amide bonds. The van der Waals surface area contributed by atoms with E-state index in [0.29, 0.717) is 11.5 Å². The van der Waals surface area contributed by atoms with E-state index >= 15 is 0 Å². The molecular formula is C13H19Cl2N3O4S. The normalized spacial score (nSPS) is 17.7. The molecule has 0 aliphatic carbocycles. The Morgan fingerprint density at radius 2 is 2.17 bits per heavy atom. The maximum absolute atomic E-state index is 12.3. The highest BCUT2D eigenvalue weighted by Crippen LogP contribution is 2.32. The van der Waals surface area contributed by atoms with Crippen LogP contribution < -0.4 is 10.0 Å². The monoisotopic (exact) mass is 383 g/mol. The lowest BCUT2D eigenvalue weighted by Crippen LogP contribution is -2.27.